The van der Waals surface area contributed by atoms with Gasteiger partial charge in [0.05, 0.1) is 11.7 Å². The number of phenolic OH excluding ortho intramolecular Hbond substituents is 2. The van der Waals surface area contributed by atoms with Crippen LogP contribution in [-0.4, -0.2) is 56.4 Å². The van der Waals surface area contributed by atoms with E-state index in [0.717, 1.165) is 61.6 Å². The molecule has 54 heavy (non-hydrogen) atoms. The zero-order valence-corrected chi connectivity index (χ0v) is 33.2. The topological polar surface area (TPSA) is 128 Å². The fourth-order valence-electron chi connectivity index (χ4n) is 14.6. The molecule has 1 heterocycles. The molecule has 292 valence electrons. The van der Waals surface area contributed by atoms with Crippen LogP contribution in [0.5, 0.6) is 11.5 Å². The predicted molar refractivity (Wildman–Crippen MR) is 208 cm³/mol. The first-order chi connectivity index (χ1) is 25.5. The van der Waals surface area contributed by atoms with Gasteiger partial charge in [0.1, 0.15) is 23.4 Å². The van der Waals surface area contributed by atoms with E-state index in [9.17, 15) is 30.0 Å². The lowest BCUT2D eigenvalue weighted by Crippen LogP contribution is -2.64. The van der Waals surface area contributed by atoms with Crippen molar-refractivity contribution in [3.63, 3.8) is 0 Å². The van der Waals surface area contributed by atoms with Crippen LogP contribution >= 0.6 is 0 Å². The first-order valence-corrected chi connectivity index (χ1v) is 20.9. The molecule has 8 rings (SSSR count). The van der Waals surface area contributed by atoms with Crippen LogP contribution in [0.15, 0.2) is 59.7 Å². The summed E-state index contributed by atoms with van der Waals surface area (Å²) >= 11 is 0. The molecule has 0 spiro atoms. The van der Waals surface area contributed by atoms with Gasteiger partial charge in [-0.25, -0.2) is 0 Å². The van der Waals surface area contributed by atoms with Crippen LogP contribution in [0.3, 0.4) is 0 Å². The van der Waals surface area contributed by atoms with E-state index < -0.39 is 22.5 Å². The highest BCUT2D eigenvalue weighted by Gasteiger charge is 2.70. The monoisotopic (exact) mass is 738 g/mol. The molecule has 4 N–H and O–H groups in total. The van der Waals surface area contributed by atoms with Crippen LogP contribution in [0.4, 0.5) is 0 Å². The average molecular weight is 739 g/mol. The number of benzene rings is 2. The summed E-state index contributed by atoms with van der Waals surface area (Å²) in [5.41, 5.74) is 2.25. The molecule has 2 aromatic carbocycles. The number of carbonyl (C=O) groups is 2. The zero-order valence-electron chi connectivity index (χ0n) is 33.2. The van der Waals surface area contributed by atoms with Gasteiger partial charge in [-0.1, -0.05) is 70.9 Å². The first kappa shape index (κ1) is 37.9. The molecular formula is C47H62O7. The largest absolute Gasteiger partial charge is 0.508 e. The Morgan fingerprint density at radius 3 is 2.26 bits per heavy atom. The summed E-state index contributed by atoms with van der Waals surface area (Å²) in [4.78, 5) is 28.7. The van der Waals surface area contributed by atoms with Crippen LogP contribution in [0.25, 0.3) is 0 Å². The molecule has 5 aliphatic carbocycles. The van der Waals surface area contributed by atoms with Crippen molar-refractivity contribution in [1.29, 1.82) is 0 Å². The van der Waals surface area contributed by atoms with Crippen LogP contribution in [0.1, 0.15) is 135 Å². The summed E-state index contributed by atoms with van der Waals surface area (Å²) in [6.07, 6.45) is 7.85. The van der Waals surface area contributed by atoms with Crippen molar-refractivity contribution in [3.8, 4) is 11.5 Å². The molecule has 1 aliphatic heterocycles. The van der Waals surface area contributed by atoms with E-state index in [1.165, 1.54) is 5.57 Å². The van der Waals surface area contributed by atoms with Gasteiger partial charge in [0.15, 0.2) is 5.78 Å². The van der Waals surface area contributed by atoms with E-state index in [2.05, 4.69) is 47.6 Å². The normalized spacial score (nSPS) is 40.9. The Kier molecular flexibility index (Phi) is 9.14. The van der Waals surface area contributed by atoms with Gasteiger partial charge >= 0.3 is 0 Å². The average Bonchev–Trinajstić information content (AvgIpc) is 3.42. The zero-order chi connectivity index (χ0) is 38.6. The number of ketones is 2. The molecule has 5 fully saturated rings. The highest BCUT2D eigenvalue weighted by molar-refractivity contribution is 6.00. The number of Topliss-reactive ketones (excluding diaryl/α,β-unsaturated/α-hetero) is 2. The summed E-state index contributed by atoms with van der Waals surface area (Å²) in [5.74, 6) is 1.37. The minimum absolute atomic E-state index is 0.0541. The number of aromatic hydroxyl groups is 2. The third-order valence-corrected chi connectivity index (χ3v) is 16.9. The second-order valence-corrected chi connectivity index (χ2v) is 19.7. The van der Waals surface area contributed by atoms with Crippen molar-refractivity contribution in [2.45, 2.75) is 142 Å². The third-order valence-electron chi connectivity index (χ3n) is 16.9. The van der Waals surface area contributed by atoms with E-state index in [1.54, 1.807) is 18.2 Å². The van der Waals surface area contributed by atoms with Crippen molar-refractivity contribution in [1.82, 2.24) is 0 Å². The SMILES string of the molecule is CC(CC(O)C1OC1(C)C1CCCC1c1cccc(O)c1)C1=C2CCC3C4(C)CC(c5cccc(O)c5)C(=O)C(C)(C)C4CCC3(CCO)C2(C)CC1=O. The van der Waals surface area contributed by atoms with Gasteiger partial charge in [-0.2, -0.15) is 0 Å². The second-order valence-electron chi connectivity index (χ2n) is 19.7. The molecule has 0 aromatic heterocycles. The Bertz CT molecular complexity index is 1860. The molecule has 4 saturated carbocycles. The van der Waals surface area contributed by atoms with E-state index in [0.29, 0.717) is 25.7 Å². The van der Waals surface area contributed by atoms with Gasteiger partial charge < -0.3 is 25.2 Å². The Labute approximate surface area is 321 Å². The van der Waals surface area contributed by atoms with E-state index in [-0.39, 0.29) is 82.1 Å². The number of aliphatic hydroxyl groups excluding tert-OH is 2. The highest BCUT2D eigenvalue weighted by atomic mass is 16.6. The van der Waals surface area contributed by atoms with Gasteiger partial charge in [0, 0.05) is 29.8 Å². The van der Waals surface area contributed by atoms with Crippen molar-refractivity contribution in [2.24, 2.45) is 45.3 Å². The van der Waals surface area contributed by atoms with Crippen molar-refractivity contribution in [2.75, 3.05) is 6.61 Å². The van der Waals surface area contributed by atoms with Crippen LogP contribution in [0.2, 0.25) is 0 Å². The summed E-state index contributed by atoms with van der Waals surface area (Å²) in [7, 11) is 0. The molecular weight excluding hydrogens is 677 g/mol. The summed E-state index contributed by atoms with van der Waals surface area (Å²) in [6.45, 7) is 13.3. The summed E-state index contributed by atoms with van der Waals surface area (Å²) < 4.78 is 6.42. The van der Waals surface area contributed by atoms with Crippen molar-refractivity contribution in [3.05, 3.63) is 70.8 Å². The van der Waals surface area contributed by atoms with Crippen LogP contribution < -0.4 is 0 Å². The number of hydrogen-bond acceptors (Lipinski definition) is 7. The lowest BCUT2D eigenvalue weighted by atomic mass is 9.34. The van der Waals surface area contributed by atoms with E-state index in [4.69, 9.17) is 4.74 Å². The molecule has 1 saturated heterocycles. The molecule has 2 aromatic rings. The highest BCUT2D eigenvalue weighted by Crippen LogP contribution is 2.76. The smallest absolute Gasteiger partial charge is 0.159 e. The van der Waals surface area contributed by atoms with Gasteiger partial charge in [0.2, 0.25) is 0 Å². The summed E-state index contributed by atoms with van der Waals surface area (Å²) in [5, 5.41) is 43.2. The van der Waals surface area contributed by atoms with Gasteiger partial charge in [0.25, 0.3) is 0 Å². The van der Waals surface area contributed by atoms with Gasteiger partial charge in [-0.15, -0.1) is 0 Å². The van der Waals surface area contributed by atoms with Crippen molar-refractivity contribution >= 4 is 11.6 Å². The fourth-order valence-corrected chi connectivity index (χ4v) is 14.6. The number of phenols is 2. The minimum atomic E-state index is -0.698. The molecule has 12 atom stereocenters. The molecule has 7 heteroatoms. The van der Waals surface area contributed by atoms with Crippen LogP contribution in [-0.2, 0) is 14.3 Å². The number of aliphatic hydroxyl groups is 2. The lowest BCUT2D eigenvalue weighted by Gasteiger charge is -2.69. The molecule has 0 radical (unpaired) electrons. The predicted octanol–water partition coefficient (Wildman–Crippen LogP) is 8.78. The maximum absolute atomic E-state index is 14.4. The quantitative estimate of drug-likeness (QED) is 0.190. The van der Waals surface area contributed by atoms with E-state index in [1.807, 2.05) is 24.3 Å². The number of hydrogen-bond donors (Lipinski definition) is 4. The molecule has 6 aliphatic rings. The van der Waals surface area contributed by atoms with Gasteiger partial charge in [-0.05, 0) is 146 Å². The maximum Gasteiger partial charge on any atom is 0.159 e. The summed E-state index contributed by atoms with van der Waals surface area (Å²) in [6, 6.07) is 14.8. The maximum atomic E-state index is 14.4. The Morgan fingerprint density at radius 1 is 0.889 bits per heavy atom. The molecule has 12 unspecified atom stereocenters. The molecule has 7 nitrogen and oxygen atoms in total. The molecule has 0 bridgehead atoms. The number of carbonyl (C=O) groups excluding carboxylic acids is 2. The minimum Gasteiger partial charge on any atom is -0.508 e. The Balaban J connectivity index is 1.07. The Hall–Kier alpha value is -3.00. The standard InChI is InChI=1S/C47H62O7/c1-27(22-36(51)42-46(6,54-42)34-15-9-14-32(34)28-10-7-12-30(49)23-28)40-35-16-17-39-44(4)25-33(29-11-8-13-31(50)24-29)41(53)43(2,3)38(44)18-19-47(39,20-21-48)45(35,5)26-37(40)52/h7-8,10-13,23-24,27,32-34,36,38-39,42,48-51H,9,14-22,25-26H2,1-6H3. The third kappa shape index (κ3) is 5.44. The number of epoxide rings is 1. The number of fused-ring (bicyclic) bond motifs is 5. The van der Waals surface area contributed by atoms with Crippen LogP contribution in [0, 0.1) is 45.3 Å². The number of ether oxygens (including phenoxy) is 1. The second kappa shape index (κ2) is 13.0. The van der Waals surface area contributed by atoms with Crippen molar-refractivity contribution < 1.29 is 34.8 Å². The van der Waals surface area contributed by atoms with E-state index >= 15 is 0 Å². The lowest BCUT2D eigenvalue weighted by molar-refractivity contribution is -0.193. The number of allylic oxidation sites excluding steroid dienone is 2. The number of rotatable bonds is 9. The Morgan fingerprint density at radius 2 is 1.57 bits per heavy atom. The van der Waals surface area contributed by atoms with Gasteiger partial charge in [-0.3, -0.25) is 9.59 Å². The first-order valence-electron chi connectivity index (χ1n) is 20.9. The fraction of sp³-hybridized carbons (Fsp3) is 0.660. The molecule has 0 amide bonds.